The third kappa shape index (κ3) is 0.819. The number of nitrogens with one attached hydrogen (secondary N) is 3. The number of nitrogens with zero attached hydrogens (tertiary/aromatic N) is 2. The van der Waals surface area contributed by atoms with E-state index in [4.69, 9.17) is 5.73 Å². The molecule has 2 rings (SSSR count). The zero-order valence-electron chi connectivity index (χ0n) is 5.46. The van der Waals surface area contributed by atoms with Gasteiger partial charge in [-0.3, -0.25) is 10.5 Å². The number of amides is 1. The maximum atomic E-state index is 11.0. The Bertz CT molecular complexity index is 293. The molecule has 1 atom stereocenters. The van der Waals surface area contributed by atoms with Crippen molar-refractivity contribution in [3.05, 3.63) is 5.69 Å². The van der Waals surface area contributed by atoms with E-state index in [1.54, 1.807) is 0 Å². The van der Waals surface area contributed by atoms with E-state index >= 15 is 0 Å². The van der Waals surface area contributed by atoms with Crippen molar-refractivity contribution in [2.75, 3.05) is 5.32 Å². The molecule has 58 valence electrons. The van der Waals surface area contributed by atoms with Crippen LogP contribution in [-0.4, -0.2) is 27.6 Å². The molecule has 7 nitrogen and oxygen atoms in total. The van der Waals surface area contributed by atoms with Crippen molar-refractivity contribution in [1.29, 1.82) is 0 Å². The number of anilines is 1. The first-order valence-corrected chi connectivity index (χ1v) is 3.01. The Balaban J connectivity index is 2.44. The Hall–Kier alpha value is -1.63. The molecule has 11 heavy (non-hydrogen) atoms. The maximum Gasteiger partial charge on any atom is 0.278 e. The van der Waals surface area contributed by atoms with Crippen LogP contribution in [0.5, 0.6) is 0 Å². The first-order chi connectivity index (χ1) is 5.27. The number of nitrogens with two attached hydrogens (primary N) is 1. The molecule has 1 aromatic heterocycles. The topological polar surface area (TPSA) is 109 Å². The largest absolute Gasteiger partial charge is 0.334 e. The molecule has 1 amide bonds. The molecular formula is C4H6N6O. The summed E-state index contributed by atoms with van der Waals surface area (Å²) in [5.41, 5.74) is 5.62. The molecule has 0 aromatic carbocycles. The minimum absolute atomic E-state index is 0.242. The third-order valence-corrected chi connectivity index (χ3v) is 1.34. The highest BCUT2D eigenvalue weighted by Crippen LogP contribution is 2.10. The molecule has 1 aromatic rings. The van der Waals surface area contributed by atoms with Crippen molar-refractivity contribution < 1.29 is 4.79 Å². The van der Waals surface area contributed by atoms with Gasteiger partial charge in [0.2, 0.25) is 0 Å². The highest BCUT2D eigenvalue weighted by Gasteiger charge is 2.24. The predicted octanol–water partition coefficient (Wildman–Crippen LogP) is -1.80. The third-order valence-electron chi connectivity index (χ3n) is 1.34. The van der Waals surface area contributed by atoms with Crippen molar-refractivity contribution in [1.82, 2.24) is 20.7 Å². The smallest absolute Gasteiger partial charge is 0.278 e. The fourth-order valence-corrected chi connectivity index (χ4v) is 0.883. The van der Waals surface area contributed by atoms with Crippen LogP contribution in [0, 0.1) is 0 Å². The number of hydrogen-bond donors (Lipinski definition) is 4. The van der Waals surface area contributed by atoms with Gasteiger partial charge in [-0.25, -0.2) is 0 Å². The molecule has 0 saturated heterocycles. The molecule has 1 unspecified atom stereocenters. The molecule has 7 heteroatoms. The summed E-state index contributed by atoms with van der Waals surface area (Å²) >= 11 is 0. The summed E-state index contributed by atoms with van der Waals surface area (Å²) in [6, 6.07) is 0. The van der Waals surface area contributed by atoms with E-state index in [1.165, 1.54) is 0 Å². The quantitative estimate of drug-likeness (QED) is 0.352. The van der Waals surface area contributed by atoms with E-state index in [2.05, 4.69) is 26.0 Å². The molecule has 1 aliphatic rings. The average molecular weight is 154 g/mol. The minimum atomic E-state index is -0.583. The Morgan fingerprint density at radius 2 is 2.18 bits per heavy atom. The van der Waals surface area contributed by atoms with Gasteiger partial charge in [-0.1, -0.05) is 0 Å². The van der Waals surface area contributed by atoms with Gasteiger partial charge in [-0.05, 0) is 0 Å². The fourth-order valence-electron chi connectivity index (χ4n) is 0.883. The normalized spacial score (nSPS) is 21.9. The standard InChI is InChI=1S/C4H6N6O/c5-4-6-2-1(3(11)7-4)8-10-9-2/h4H,5H2,(H,7,11)(H2,6,8,9,10). The number of H-pyrrole nitrogens is 1. The van der Waals surface area contributed by atoms with Gasteiger partial charge in [0.1, 0.15) is 0 Å². The van der Waals surface area contributed by atoms with Crippen LogP contribution in [0.1, 0.15) is 10.5 Å². The summed E-state index contributed by atoms with van der Waals surface area (Å²) in [5, 5.41) is 14.7. The van der Waals surface area contributed by atoms with Crippen LogP contribution < -0.4 is 16.4 Å². The molecule has 0 saturated carbocycles. The van der Waals surface area contributed by atoms with Gasteiger partial charge in [0, 0.05) is 0 Å². The van der Waals surface area contributed by atoms with Crippen LogP contribution in [0.15, 0.2) is 0 Å². The second-order valence-corrected chi connectivity index (χ2v) is 2.12. The molecule has 0 spiro atoms. The molecule has 5 N–H and O–H groups in total. The summed E-state index contributed by atoms with van der Waals surface area (Å²) in [6.45, 7) is 0. The van der Waals surface area contributed by atoms with E-state index < -0.39 is 6.29 Å². The lowest BCUT2D eigenvalue weighted by Gasteiger charge is -2.19. The van der Waals surface area contributed by atoms with Gasteiger partial charge in [0.25, 0.3) is 5.91 Å². The highest BCUT2D eigenvalue weighted by atomic mass is 16.2. The van der Waals surface area contributed by atoms with Crippen LogP contribution >= 0.6 is 0 Å². The van der Waals surface area contributed by atoms with E-state index in [-0.39, 0.29) is 11.6 Å². The lowest BCUT2D eigenvalue weighted by molar-refractivity contribution is 0.0932. The monoisotopic (exact) mass is 154 g/mol. The van der Waals surface area contributed by atoms with Gasteiger partial charge >= 0.3 is 0 Å². The van der Waals surface area contributed by atoms with Crippen LogP contribution in [0.2, 0.25) is 0 Å². The second-order valence-electron chi connectivity index (χ2n) is 2.12. The van der Waals surface area contributed by atoms with Gasteiger partial charge in [-0.2, -0.15) is 5.21 Å². The van der Waals surface area contributed by atoms with Crippen molar-refractivity contribution in [2.45, 2.75) is 6.29 Å². The maximum absolute atomic E-state index is 11.0. The number of aromatic nitrogens is 3. The Morgan fingerprint density at radius 1 is 1.36 bits per heavy atom. The van der Waals surface area contributed by atoms with Crippen molar-refractivity contribution in [2.24, 2.45) is 5.73 Å². The lowest BCUT2D eigenvalue weighted by atomic mass is 10.3. The van der Waals surface area contributed by atoms with E-state index in [9.17, 15) is 4.79 Å². The summed E-state index contributed by atoms with van der Waals surface area (Å²) < 4.78 is 0. The highest BCUT2D eigenvalue weighted by molar-refractivity contribution is 5.98. The molecule has 2 heterocycles. The Kier molecular flexibility index (Phi) is 1.07. The van der Waals surface area contributed by atoms with Gasteiger partial charge in [-0.15, -0.1) is 10.2 Å². The minimum Gasteiger partial charge on any atom is -0.334 e. The summed E-state index contributed by atoms with van der Waals surface area (Å²) in [5.74, 6) is 0.0706. The molecule has 0 aliphatic carbocycles. The number of rotatable bonds is 0. The average Bonchev–Trinajstić information content (AvgIpc) is 2.34. The zero-order chi connectivity index (χ0) is 7.84. The number of aromatic amines is 1. The van der Waals surface area contributed by atoms with Crippen molar-refractivity contribution in [3.8, 4) is 0 Å². The molecule has 0 radical (unpaired) electrons. The van der Waals surface area contributed by atoms with Gasteiger partial charge < -0.3 is 10.6 Å². The number of carbonyl (C=O) groups excluding carboxylic acids is 1. The Labute approximate surface area is 61.3 Å². The van der Waals surface area contributed by atoms with Crippen molar-refractivity contribution in [3.63, 3.8) is 0 Å². The van der Waals surface area contributed by atoms with Crippen molar-refractivity contribution >= 4 is 11.7 Å². The SMILES string of the molecule is NC1NC(=O)c2n[nH]nc2N1. The van der Waals surface area contributed by atoms with Crippen LogP contribution in [0.4, 0.5) is 5.82 Å². The first kappa shape index (κ1) is 6.10. The summed E-state index contributed by atoms with van der Waals surface area (Å²) in [4.78, 5) is 11.0. The molecule has 0 fully saturated rings. The molecular weight excluding hydrogens is 148 g/mol. The van der Waals surface area contributed by atoms with E-state index in [1.807, 2.05) is 0 Å². The molecule has 1 aliphatic heterocycles. The second kappa shape index (κ2) is 1.92. The zero-order valence-corrected chi connectivity index (χ0v) is 5.46. The first-order valence-electron chi connectivity index (χ1n) is 3.01. The molecule has 0 bridgehead atoms. The number of carbonyl (C=O) groups is 1. The van der Waals surface area contributed by atoms with E-state index in [0.717, 1.165) is 0 Å². The predicted molar refractivity (Wildman–Crippen MR) is 35.4 cm³/mol. The van der Waals surface area contributed by atoms with Crippen LogP contribution in [-0.2, 0) is 0 Å². The van der Waals surface area contributed by atoms with Crippen LogP contribution in [0.3, 0.4) is 0 Å². The number of hydrogen-bond acceptors (Lipinski definition) is 5. The Morgan fingerprint density at radius 3 is 3.00 bits per heavy atom. The number of fused-ring (bicyclic) bond motifs is 1. The van der Waals surface area contributed by atoms with E-state index in [0.29, 0.717) is 5.82 Å². The lowest BCUT2D eigenvalue weighted by Crippen LogP contribution is -2.50. The van der Waals surface area contributed by atoms with Gasteiger partial charge in [0.15, 0.2) is 17.8 Å². The fraction of sp³-hybridized carbons (Fsp3) is 0.250. The van der Waals surface area contributed by atoms with Gasteiger partial charge in [0.05, 0.1) is 0 Å². The van der Waals surface area contributed by atoms with Crippen LogP contribution in [0.25, 0.3) is 0 Å². The summed E-state index contributed by atoms with van der Waals surface area (Å²) in [6.07, 6.45) is -0.583. The summed E-state index contributed by atoms with van der Waals surface area (Å²) in [7, 11) is 0.